The summed E-state index contributed by atoms with van der Waals surface area (Å²) in [4.78, 5) is 12.8. The molecular weight excluding hydrogens is 404 g/mol. The summed E-state index contributed by atoms with van der Waals surface area (Å²) >= 11 is 0. The lowest BCUT2D eigenvalue weighted by Crippen LogP contribution is -2.54. The molecule has 4 aliphatic carbocycles. The minimum absolute atomic E-state index is 0.0501. The third kappa shape index (κ3) is 4.09. The van der Waals surface area contributed by atoms with Gasteiger partial charge < -0.3 is 8.85 Å². The highest BCUT2D eigenvalue weighted by molar-refractivity contribution is 6.70. The van der Waals surface area contributed by atoms with Crippen molar-refractivity contribution >= 4 is 22.4 Å². The van der Waals surface area contributed by atoms with Gasteiger partial charge in [0.15, 0.2) is 16.6 Å². The Morgan fingerprint density at radius 2 is 1.73 bits per heavy atom. The Morgan fingerprint density at radius 1 is 1.00 bits per heavy atom. The van der Waals surface area contributed by atoms with E-state index in [9.17, 15) is 4.79 Å². The van der Waals surface area contributed by atoms with Gasteiger partial charge in [-0.2, -0.15) is 0 Å². The van der Waals surface area contributed by atoms with Gasteiger partial charge in [-0.25, -0.2) is 0 Å². The van der Waals surface area contributed by atoms with Gasteiger partial charge in [-0.05, 0) is 102 Å². The Balaban J connectivity index is 1.64. The molecule has 4 aliphatic rings. The van der Waals surface area contributed by atoms with Crippen LogP contribution in [-0.4, -0.2) is 35.1 Å². The van der Waals surface area contributed by atoms with E-state index >= 15 is 0 Å². The standard InChI is InChI=1S/C25H44O3Si2/c1-24-14-13-22-20(21(24)10-11-23(24)26)9-8-18-16-19(28-30(5,6)7)12-15-25(18,22)17-27-29(2,3)4/h8,19-22H,9-17H2,1-7H3/t19?,20-,21-,22-,24-,25+/m0/s1. The normalized spacial score (nSPS) is 41.7. The number of fused-ring (bicyclic) bond motifs is 5. The first-order valence-corrected chi connectivity index (χ1v) is 19.2. The summed E-state index contributed by atoms with van der Waals surface area (Å²) in [5, 5.41) is 0. The van der Waals surface area contributed by atoms with Crippen molar-refractivity contribution in [2.24, 2.45) is 28.6 Å². The van der Waals surface area contributed by atoms with Crippen LogP contribution in [0, 0.1) is 28.6 Å². The predicted molar refractivity (Wildman–Crippen MR) is 129 cm³/mol. The zero-order valence-electron chi connectivity index (χ0n) is 20.5. The van der Waals surface area contributed by atoms with E-state index in [1.807, 2.05) is 0 Å². The Bertz CT molecular complexity index is 719. The van der Waals surface area contributed by atoms with Gasteiger partial charge in [0.1, 0.15) is 5.78 Å². The summed E-state index contributed by atoms with van der Waals surface area (Å²) in [6, 6.07) is 0. The molecule has 0 aromatic heterocycles. The molecular formula is C25H44O3Si2. The highest BCUT2D eigenvalue weighted by atomic mass is 28.4. The van der Waals surface area contributed by atoms with Gasteiger partial charge in [-0.3, -0.25) is 4.79 Å². The number of rotatable bonds is 5. The first kappa shape index (κ1) is 22.9. The van der Waals surface area contributed by atoms with Gasteiger partial charge >= 0.3 is 0 Å². The van der Waals surface area contributed by atoms with Crippen LogP contribution in [0.2, 0.25) is 39.3 Å². The van der Waals surface area contributed by atoms with Crippen LogP contribution in [0.3, 0.4) is 0 Å². The van der Waals surface area contributed by atoms with E-state index in [1.54, 1.807) is 5.57 Å². The van der Waals surface area contributed by atoms with Crippen molar-refractivity contribution in [2.75, 3.05) is 6.61 Å². The third-order valence-corrected chi connectivity index (χ3v) is 10.8. The SMILES string of the molecule is C[C@]12CC[C@H]3[C@@H](CC=C4CC(O[Si](C)(C)C)CC[C@@]43CO[Si](C)(C)C)[C@@H]1CCC2=O. The maximum absolute atomic E-state index is 12.8. The summed E-state index contributed by atoms with van der Waals surface area (Å²) in [6.07, 6.45) is 11.8. The molecule has 0 radical (unpaired) electrons. The second kappa shape index (κ2) is 7.67. The number of allylic oxidation sites excluding steroid dienone is 1. The van der Waals surface area contributed by atoms with E-state index in [2.05, 4.69) is 52.3 Å². The highest BCUT2D eigenvalue weighted by Gasteiger charge is 2.60. The molecule has 0 amide bonds. The zero-order valence-corrected chi connectivity index (χ0v) is 22.5. The highest BCUT2D eigenvalue weighted by Crippen LogP contribution is 2.64. The maximum atomic E-state index is 12.8. The number of carbonyl (C=O) groups excluding carboxylic acids is 1. The number of Topliss-reactive ketones (excluding diaryl/α,β-unsaturated/α-hetero) is 1. The summed E-state index contributed by atoms with van der Waals surface area (Å²) < 4.78 is 13.2. The monoisotopic (exact) mass is 448 g/mol. The van der Waals surface area contributed by atoms with Crippen LogP contribution in [-0.2, 0) is 13.6 Å². The van der Waals surface area contributed by atoms with Gasteiger partial charge in [0.25, 0.3) is 0 Å². The van der Waals surface area contributed by atoms with Gasteiger partial charge in [0.05, 0.1) is 0 Å². The third-order valence-electron chi connectivity index (χ3n) is 8.77. The Hall–Kier alpha value is -0.236. The average Bonchev–Trinajstić information content (AvgIpc) is 2.93. The number of ketones is 1. The lowest BCUT2D eigenvalue weighted by molar-refractivity contribution is -0.132. The lowest BCUT2D eigenvalue weighted by atomic mass is 9.47. The minimum Gasteiger partial charge on any atom is -0.417 e. The van der Waals surface area contributed by atoms with Crippen molar-refractivity contribution < 1.29 is 13.6 Å². The van der Waals surface area contributed by atoms with E-state index in [4.69, 9.17) is 8.85 Å². The van der Waals surface area contributed by atoms with Crippen molar-refractivity contribution in [3.05, 3.63) is 11.6 Å². The van der Waals surface area contributed by atoms with Gasteiger partial charge in [-0.1, -0.05) is 18.6 Å². The molecule has 30 heavy (non-hydrogen) atoms. The van der Waals surface area contributed by atoms with E-state index in [0.29, 0.717) is 29.6 Å². The van der Waals surface area contributed by atoms with E-state index in [1.165, 1.54) is 25.7 Å². The van der Waals surface area contributed by atoms with Crippen LogP contribution in [0.25, 0.3) is 0 Å². The maximum Gasteiger partial charge on any atom is 0.184 e. The summed E-state index contributed by atoms with van der Waals surface area (Å²) in [6.45, 7) is 17.1. The van der Waals surface area contributed by atoms with Crippen LogP contribution in [0.5, 0.6) is 0 Å². The summed E-state index contributed by atoms with van der Waals surface area (Å²) in [7, 11) is -3.13. The topological polar surface area (TPSA) is 35.5 Å². The number of hydrogen-bond acceptors (Lipinski definition) is 3. The molecule has 0 aromatic rings. The minimum atomic E-state index is -1.59. The van der Waals surface area contributed by atoms with Crippen LogP contribution in [0.1, 0.15) is 58.3 Å². The van der Waals surface area contributed by atoms with Gasteiger partial charge in [0.2, 0.25) is 0 Å². The van der Waals surface area contributed by atoms with Crippen molar-refractivity contribution in [3.8, 4) is 0 Å². The molecule has 1 unspecified atom stereocenters. The fourth-order valence-corrected chi connectivity index (χ4v) is 9.30. The lowest BCUT2D eigenvalue weighted by Gasteiger charge is -2.58. The fourth-order valence-electron chi connectivity index (χ4n) is 7.41. The first-order chi connectivity index (χ1) is 13.8. The van der Waals surface area contributed by atoms with Gasteiger partial charge in [0, 0.05) is 30.0 Å². The molecule has 0 spiro atoms. The Kier molecular flexibility index (Phi) is 5.87. The van der Waals surface area contributed by atoms with Crippen molar-refractivity contribution in [3.63, 3.8) is 0 Å². The summed E-state index contributed by atoms with van der Waals surface area (Å²) in [5.74, 6) is 2.48. The molecule has 0 N–H and O–H groups in total. The first-order valence-electron chi connectivity index (χ1n) is 12.4. The molecule has 170 valence electrons. The fraction of sp³-hybridized carbons (Fsp3) is 0.880. The predicted octanol–water partition coefficient (Wildman–Crippen LogP) is 6.57. The van der Waals surface area contributed by atoms with E-state index < -0.39 is 16.6 Å². The van der Waals surface area contributed by atoms with Crippen LogP contribution in [0.15, 0.2) is 11.6 Å². The Morgan fingerprint density at radius 3 is 2.40 bits per heavy atom. The molecule has 6 atom stereocenters. The zero-order chi connectivity index (χ0) is 21.9. The number of hydrogen-bond donors (Lipinski definition) is 0. The van der Waals surface area contributed by atoms with Crippen molar-refractivity contribution in [2.45, 2.75) is 104 Å². The second-order valence-corrected chi connectivity index (χ2v) is 21.9. The largest absolute Gasteiger partial charge is 0.417 e. The second-order valence-electron chi connectivity index (χ2n) is 12.9. The molecule has 5 heteroatoms. The van der Waals surface area contributed by atoms with Crippen molar-refractivity contribution in [1.29, 1.82) is 0 Å². The Labute approximate surface area is 186 Å². The summed E-state index contributed by atoms with van der Waals surface area (Å²) in [5.41, 5.74) is 1.78. The molecule has 0 aromatic carbocycles. The van der Waals surface area contributed by atoms with Crippen LogP contribution >= 0.6 is 0 Å². The van der Waals surface area contributed by atoms with Gasteiger partial charge in [-0.15, -0.1) is 0 Å². The van der Waals surface area contributed by atoms with Crippen molar-refractivity contribution in [1.82, 2.24) is 0 Å². The van der Waals surface area contributed by atoms with E-state index in [-0.39, 0.29) is 10.8 Å². The molecule has 3 nitrogen and oxygen atoms in total. The molecule has 0 bridgehead atoms. The smallest absolute Gasteiger partial charge is 0.184 e. The van der Waals surface area contributed by atoms with E-state index in [0.717, 1.165) is 32.3 Å². The molecule has 0 saturated heterocycles. The molecule has 0 aliphatic heterocycles. The quantitative estimate of drug-likeness (QED) is 0.352. The molecule has 0 heterocycles. The average molecular weight is 449 g/mol. The molecule has 3 fully saturated rings. The van der Waals surface area contributed by atoms with Crippen LogP contribution in [0.4, 0.5) is 0 Å². The molecule has 4 rings (SSSR count). The van der Waals surface area contributed by atoms with Crippen LogP contribution < -0.4 is 0 Å². The number of carbonyl (C=O) groups is 1. The molecule has 3 saturated carbocycles.